The van der Waals surface area contributed by atoms with Crippen molar-refractivity contribution in [2.75, 3.05) is 13.1 Å². The van der Waals surface area contributed by atoms with Crippen LogP contribution in [0.3, 0.4) is 0 Å². The number of hydrogen-bond acceptors (Lipinski definition) is 4. The van der Waals surface area contributed by atoms with E-state index >= 15 is 0 Å². The van der Waals surface area contributed by atoms with Crippen molar-refractivity contribution in [3.05, 3.63) is 75.7 Å². The minimum Gasteiger partial charge on any atom is -0.352 e. The largest absolute Gasteiger partial charge is 0.352 e. The molecule has 4 rings (SSSR count). The molecule has 8 heteroatoms. The van der Waals surface area contributed by atoms with Crippen molar-refractivity contribution in [3.63, 3.8) is 0 Å². The van der Waals surface area contributed by atoms with E-state index in [-0.39, 0.29) is 41.9 Å². The Morgan fingerprint density at radius 3 is 2.44 bits per heavy atom. The Kier molecular flexibility index (Phi) is 6.17. The van der Waals surface area contributed by atoms with Crippen LogP contribution in [0, 0.1) is 19.8 Å². The van der Waals surface area contributed by atoms with Gasteiger partial charge in [0.05, 0.1) is 4.90 Å². The fraction of sp³-hybridized carbons (Fsp3) is 0.333. The third-order valence-electron chi connectivity index (χ3n) is 6.12. The van der Waals surface area contributed by atoms with Crippen LogP contribution >= 0.6 is 0 Å². The molecule has 1 aromatic heterocycles. The number of fused-ring (bicyclic) bond motifs is 1. The molecule has 3 aromatic rings. The Labute approximate surface area is 187 Å². The van der Waals surface area contributed by atoms with E-state index in [9.17, 15) is 18.0 Å². The molecule has 0 atom stereocenters. The standard InChI is InChI=1S/C24H27N3O4S/c1-16-13-17(2)26-24(29)22(16)15-25-23(28)19-9-11-27(12-10-19)32(30,31)21-8-7-18-5-3-4-6-20(18)14-21/h3-8,13-14,19H,9-12,15H2,1-2H3,(H,25,28)(H,26,29). The molecule has 0 saturated carbocycles. The first-order valence-corrected chi connectivity index (χ1v) is 12.2. The maximum absolute atomic E-state index is 13.1. The van der Waals surface area contributed by atoms with Crippen molar-refractivity contribution in [3.8, 4) is 0 Å². The van der Waals surface area contributed by atoms with Gasteiger partial charge in [-0.25, -0.2) is 8.42 Å². The van der Waals surface area contributed by atoms with Gasteiger partial charge in [0.15, 0.2) is 0 Å². The number of hydrogen-bond donors (Lipinski definition) is 2. The van der Waals surface area contributed by atoms with Crippen molar-refractivity contribution in [2.24, 2.45) is 5.92 Å². The minimum absolute atomic E-state index is 0.146. The second kappa shape index (κ2) is 8.88. The number of nitrogens with one attached hydrogen (secondary N) is 2. The highest BCUT2D eigenvalue weighted by molar-refractivity contribution is 7.89. The number of nitrogens with zero attached hydrogens (tertiary/aromatic N) is 1. The van der Waals surface area contributed by atoms with E-state index in [0.29, 0.717) is 18.4 Å². The first-order valence-electron chi connectivity index (χ1n) is 10.7. The molecule has 0 radical (unpaired) electrons. The van der Waals surface area contributed by atoms with Gasteiger partial charge in [0.1, 0.15) is 0 Å². The molecule has 0 unspecified atom stereocenters. The molecule has 2 aromatic carbocycles. The third-order valence-corrected chi connectivity index (χ3v) is 8.01. The van der Waals surface area contributed by atoms with E-state index in [1.54, 1.807) is 12.1 Å². The Morgan fingerprint density at radius 2 is 1.75 bits per heavy atom. The number of H-pyrrole nitrogens is 1. The molecule has 7 nitrogen and oxygen atoms in total. The number of benzene rings is 2. The van der Waals surface area contributed by atoms with Gasteiger partial charge in [0, 0.05) is 36.8 Å². The lowest BCUT2D eigenvalue weighted by molar-refractivity contribution is -0.126. The van der Waals surface area contributed by atoms with Gasteiger partial charge >= 0.3 is 0 Å². The molecule has 168 valence electrons. The quantitative estimate of drug-likeness (QED) is 0.621. The normalized spacial score (nSPS) is 15.7. The number of aryl methyl sites for hydroxylation is 2. The highest BCUT2D eigenvalue weighted by atomic mass is 32.2. The number of sulfonamides is 1. The maximum Gasteiger partial charge on any atom is 0.253 e. The smallest absolute Gasteiger partial charge is 0.253 e. The summed E-state index contributed by atoms with van der Waals surface area (Å²) in [4.78, 5) is 27.8. The van der Waals surface area contributed by atoms with Gasteiger partial charge in [-0.3, -0.25) is 9.59 Å². The molecule has 0 spiro atoms. The maximum atomic E-state index is 13.1. The summed E-state index contributed by atoms with van der Waals surface area (Å²) in [6.45, 7) is 4.40. The highest BCUT2D eigenvalue weighted by Crippen LogP contribution is 2.26. The second-order valence-electron chi connectivity index (χ2n) is 8.35. The monoisotopic (exact) mass is 453 g/mol. The van der Waals surface area contributed by atoms with Gasteiger partial charge in [-0.05, 0) is 61.2 Å². The molecule has 0 aliphatic carbocycles. The van der Waals surface area contributed by atoms with Gasteiger partial charge in [-0.1, -0.05) is 30.3 Å². The summed E-state index contributed by atoms with van der Waals surface area (Å²) in [5.74, 6) is -0.421. The molecule has 32 heavy (non-hydrogen) atoms. The van der Waals surface area contributed by atoms with Crippen molar-refractivity contribution in [1.29, 1.82) is 0 Å². The van der Waals surface area contributed by atoms with Crippen LogP contribution in [0.15, 0.2) is 58.2 Å². The number of pyridine rings is 1. The highest BCUT2D eigenvalue weighted by Gasteiger charge is 2.32. The summed E-state index contributed by atoms with van der Waals surface area (Å²) < 4.78 is 27.7. The number of carbonyl (C=O) groups is 1. The molecule has 1 fully saturated rings. The summed E-state index contributed by atoms with van der Waals surface area (Å²) in [6.07, 6.45) is 0.893. The Morgan fingerprint density at radius 1 is 1.06 bits per heavy atom. The molecule has 1 aliphatic rings. The van der Waals surface area contributed by atoms with Crippen LogP contribution in [-0.4, -0.2) is 36.7 Å². The lowest BCUT2D eigenvalue weighted by Gasteiger charge is -2.30. The summed E-state index contributed by atoms with van der Waals surface area (Å²) in [5, 5.41) is 4.72. The summed E-state index contributed by atoms with van der Waals surface area (Å²) >= 11 is 0. The lowest BCUT2D eigenvalue weighted by atomic mass is 9.97. The lowest BCUT2D eigenvalue weighted by Crippen LogP contribution is -2.43. The first-order chi connectivity index (χ1) is 15.3. The number of rotatable bonds is 5. The summed E-state index contributed by atoms with van der Waals surface area (Å²) in [6, 6.07) is 14.7. The van der Waals surface area contributed by atoms with Crippen molar-refractivity contribution < 1.29 is 13.2 Å². The Balaban J connectivity index is 1.39. The fourth-order valence-electron chi connectivity index (χ4n) is 4.26. The zero-order valence-corrected chi connectivity index (χ0v) is 19.0. The zero-order chi connectivity index (χ0) is 22.9. The molecule has 0 bridgehead atoms. The molecule has 1 aliphatic heterocycles. The topological polar surface area (TPSA) is 99.3 Å². The van der Waals surface area contributed by atoms with Gasteiger partial charge in [0.25, 0.3) is 5.56 Å². The zero-order valence-electron chi connectivity index (χ0n) is 18.2. The van der Waals surface area contributed by atoms with Crippen LogP contribution in [0.4, 0.5) is 0 Å². The van der Waals surface area contributed by atoms with E-state index in [1.807, 2.05) is 50.2 Å². The average molecular weight is 454 g/mol. The van der Waals surface area contributed by atoms with Crippen molar-refractivity contribution in [2.45, 2.75) is 38.1 Å². The Bertz CT molecular complexity index is 1320. The van der Waals surface area contributed by atoms with Gasteiger partial charge in [-0.15, -0.1) is 0 Å². The van der Waals surface area contributed by atoms with Crippen LogP contribution in [0.2, 0.25) is 0 Å². The van der Waals surface area contributed by atoms with Crippen LogP contribution in [0.1, 0.15) is 29.7 Å². The molecular weight excluding hydrogens is 426 g/mol. The molecule has 1 saturated heterocycles. The van der Waals surface area contributed by atoms with E-state index in [4.69, 9.17) is 0 Å². The summed E-state index contributed by atoms with van der Waals surface area (Å²) in [5.41, 5.74) is 1.96. The number of carbonyl (C=O) groups excluding carboxylic acids is 1. The average Bonchev–Trinajstić information content (AvgIpc) is 2.78. The van der Waals surface area contributed by atoms with Gasteiger partial charge in [0.2, 0.25) is 15.9 Å². The molecule has 2 N–H and O–H groups in total. The van der Waals surface area contributed by atoms with Crippen molar-refractivity contribution in [1.82, 2.24) is 14.6 Å². The molecule has 2 heterocycles. The van der Waals surface area contributed by atoms with Gasteiger partial charge < -0.3 is 10.3 Å². The fourth-order valence-corrected chi connectivity index (χ4v) is 5.76. The third kappa shape index (κ3) is 4.47. The van der Waals surface area contributed by atoms with E-state index in [2.05, 4.69) is 10.3 Å². The number of amides is 1. The van der Waals surface area contributed by atoms with Gasteiger partial charge in [-0.2, -0.15) is 4.31 Å². The van der Waals surface area contributed by atoms with Crippen LogP contribution < -0.4 is 10.9 Å². The first kappa shape index (κ1) is 22.2. The predicted octanol–water partition coefficient (Wildman–Crippen LogP) is 2.86. The van der Waals surface area contributed by atoms with Crippen LogP contribution in [0.5, 0.6) is 0 Å². The minimum atomic E-state index is -3.62. The van der Waals surface area contributed by atoms with Crippen LogP contribution in [-0.2, 0) is 21.4 Å². The molecular formula is C24H27N3O4S. The van der Waals surface area contributed by atoms with E-state index in [1.165, 1.54) is 4.31 Å². The number of aromatic nitrogens is 1. The number of piperidine rings is 1. The van der Waals surface area contributed by atoms with Crippen molar-refractivity contribution >= 4 is 26.7 Å². The second-order valence-corrected chi connectivity index (χ2v) is 10.3. The summed E-state index contributed by atoms with van der Waals surface area (Å²) in [7, 11) is -3.62. The predicted molar refractivity (Wildman–Crippen MR) is 124 cm³/mol. The van der Waals surface area contributed by atoms with E-state index in [0.717, 1.165) is 22.0 Å². The van der Waals surface area contributed by atoms with E-state index < -0.39 is 10.0 Å². The van der Waals surface area contributed by atoms with Crippen LogP contribution in [0.25, 0.3) is 10.8 Å². The number of aromatic amines is 1. The SMILES string of the molecule is Cc1cc(C)c(CNC(=O)C2CCN(S(=O)(=O)c3ccc4ccccc4c3)CC2)c(=O)[nH]1. The molecule has 1 amide bonds. The Hall–Kier alpha value is -2.97.